The second-order valence-corrected chi connectivity index (χ2v) is 9.05. The number of hydrogen-bond donors (Lipinski definition) is 1. The fraction of sp³-hybridized carbons (Fsp3) is 0.231. The van der Waals surface area contributed by atoms with Crippen LogP contribution in [0.5, 0.6) is 0 Å². The molecular formula is C26H24ClN7O2. The van der Waals surface area contributed by atoms with Crippen molar-refractivity contribution in [2.45, 2.75) is 25.8 Å². The van der Waals surface area contributed by atoms with Crippen molar-refractivity contribution in [3.05, 3.63) is 81.6 Å². The van der Waals surface area contributed by atoms with E-state index in [1.54, 1.807) is 18.2 Å². The van der Waals surface area contributed by atoms with Crippen molar-refractivity contribution in [2.75, 3.05) is 23.4 Å². The zero-order valence-electron chi connectivity index (χ0n) is 19.8. The highest BCUT2D eigenvalue weighted by atomic mass is 35.5. The van der Waals surface area contributed by atoms with E-state index in [1.807, 2.05) is 37.1 Å². The summed E-state index contributed by atoms with van der Waals surface area (Å²) in [5.41, 5.74) is 2.89. The van der Waals surface area contributed by atoms with Crippen molar-refractivity contribution in [1.29, 1.82) is 0 Å². The predicted octanol–water partition coefficient (Wildman–Crippen LogP) is 4.32. The Labute approximate surface area is 212 Å². The molecule has 1 N–H and O–H groups in total. The van der Waals surface area contributed by atoms with E-state index in [9.17, 15) is 9.59 Å². The Morgan fingerprint density at radius 1 is 1.22 bits per heavy atom. The first kappa shape index (κ1) is 23.6. The van der Waals surface area contributed by atoms with Crippen molar-refractivity contribution in [3.8, 4) is 0 Å². The number of hydrogen-bond acceptors (Lipinski definition) is 7. The first-order valence-corrected chi connectivity index (χ1v) is 11.9. The summed E-state index contributed by atoms with van der Waals surface area (Å²) in [5, 5.41) is 0.673. The number of benzene rings is 2. The van der Waals surface area contributed by atoms with Gasteiger partial charge in [0.2, 0.25) is 0 Å². The van der Waals surface area contributed by atoms with Crippen molar-refractivity contribution in [1.82, 2.24) is 19.9 Å². The predicted molar refractivity (Wildman–Crippen MR) is 142 cm³/mol. The zero-order valence-corrected chi connectivity index (χ0v) is 20.6. The summed E-state index contributed by atoms with van der Waals surface area (Å²) in [6, 6.07) is 13.1. The molecule has 0 aliphatic carbocycles. The van der Waals surface area contributed by atoms with E-state index in [0.717, 1.165) is 30.4 Å². The molecule has 0 amide bonds. The van der Waals surface area contributed by atoms with E-state index in [2.05, 4.69) is 30.9 Å². The first-order chi connectivity index (χ1) is 17.5. The number of anilines is 2. The van der Waals surface area contributed by atoms with Gasteiger partial charge < -0.3 is 14.8 Å². The van der Waals surface area contributed by atoms with Crippen LogP contribution in [0.4, 0.5) is 17.2 Å². The molecule has 2 aromatic carbocycles. The van der Waals surface area contributed by atoms with Crippen molar-refractivity contribution in [3.63, 3.8) is 0 Å². The molecule has 2 aromatic heterocycles. The van der Waals surface area contributed by atoms with Gasteiger partial charge in [0, 0.05) is 19.3 Å². The van der Waals surface area contributed by atoms with Crippen LogP contribution in [0.2, 0.25) is 5.02 Å². The van der Waals surface area contributed by atoms with Gasteiger partial charge in [-0.05, 0) is 49.6 Å². The SMILES string of the molecule is Cc1cccc(N(C)/C(=N\c2cccc(Cl)c2C=O)[C@@H]2CCCN2c2ncnc3[nH]cnc(=O)c23)c1. The minimum Gasteiger partial charge on any atom is -0.346 e. The summed E-state index contributed by atoms with van der Waals surface area (Å²) in [7, 11) is 1.95. The molecule has 10 heteroatoms. The van der Waals surface area contributed by atoms with Gasteiger partial charge in [-0.1, -0.05) is 29.8 Å². The summed E-state index contributed by atoms with van der Waals surface area (Å²) in [6.07, 6.45) is 5.13. The van der Waals surface area contributed by atoms with Crippen LogP contribution in [0, 0.1) is 6.92 Å². The lowest BCUT2D eigenvalue weighted by atomic mass is 10.1. The van der Waals surface area contributed by atoms with Crippen LogP contribution < -0.4 is 15.4 Å². The van der Waals surface area contributed by atoms with Gasteiger partial charge >= 0.3 is 0 Å². The molecule has 1 fully saturated rings. The Kier molecular flexibility index (Phi) is 6.47. The van der Waals surface area contributed by atoms with Crippen LogP contribution in [0.3, 0.4) is 0 Å². The maximum absolute atomic E-state index is 12.7. The van der Waals surface area contributed by atoms with E-state index in [0.29, 0.717) is 45.5 Å². The second kappa shape index (κ2) is 9.87. The summed E-state index contributed by atoms with van der Waals surface area (Å²) >= 11 is 6.31. The molecule has 0 saturated carbocycles. The monoisotopic (exact) mass is 501 g/mol. The number of amidine groups is 1. The average Bonchev–Trinajstić information content (AvgIpc) is 3.36. The van der Waals surface area contributed by atoms with Gasteiger partial charge in [0.1, 0.15) is 29.0 Å². The minimum absolute atomic E-state index is 0.230. The largest absolute Gasteiger partial charge is 0.346 e. The van der Waals surface area contributed by atoms with Crippen LogP contribution in [0.15, 0.2) is 64.9 Å². The number of aryl methyl sites for hydroxylation is 1. The number of halogens is 1. The fourth-order valence-electron chi connectivity index (χ4n) is 4.61. The zero-order chi connectivity index (χ0) is 25.2. The van der Waals surface area contributed by atoms with Gasteiger partial charge in [0.15, 0.2) is 6.29 Å². The van der Waals surface area contributed by atoms with E-state index < -0.39 is 5.56 Å². The second-order valence-electron chi connectivity index (χ2n) is 8.64. The third kappa shape index (κ3) is 4.33. The Morgan fingerprint density at radius 2 is 2.06 bits per heavy atom. The molecule has 0 spiro atoms. The van der Waals surface area contributed by atoms with Crippen molar-refractivity contribution in [2.24, 2.45) is 4.99 Å². The highest BCUT2D eigenvalue weighted by Gasteiger charge is 2.34. The van der Waals surface area contributed by atoms with Crippen molar-refractivity contribution < 1.29 is 4.79 Å². The van der Waals surface area contributed by atoms with Gasteiger partial charge in [0.25, 0.3) is 5.56 Å². The molecule has 9 nitrogen and oxygen atoms in total. The van der Waals surface area contributed by atoms with E-state index in [-0.39, 0.29) is 6.04 Å². The Bertz CT molecular complexity index is 1530. The number of rotatable bonds is 5. The number of aromatic nitrogens is 4. The number of aliphatic imine (C=N–C) groups is 1. The molecule has 0 unspecified atom stereocenters. The van der Waals surface area contributed by atoms with Gasteiger partial charge in [-0.2, -0.15) is 4.98 Å². The van der Waals surface area contributed by atoms with E-state index in [4.69, 9.17) is 16.6 Å². The molecule has 1 aliphatic rings. The molecule has 1 aliphatic heterocycles. The number of fused-ring (bicyclic) bond motifs is 1. The van der Waals surface area contributed by atoms with Gasteiger partial charge in [-0.15, -0.1) is 0 Å². The number of carbonyl (C=O) groups is 1. The quantitative estimate of drug-likeness (QED) is 0.246. The molecule has 1 saturated heterocycles. The first-order valence-electron chi connectivity index (χ1n) is 11.6. The molecule has 36 heavy (non-hydrogen) atoms. The Hall–Kier alpha value is -4.11. The Balaban J connectivity index is 1.69. The van der Waals surface area contributed by atoms with E-state index >= 15 is 0 Å². The molecule has 182 valence electrons. The number of nitrogens with zero attached hydrogens (tertiary/aromatic N) is 6. The molecule has 5 rings (SSSR count). The normalized spacial score (nSPS) is 15.9. The lowest BCUT2D eigenvalue weighted by molar-refractivity contribution is 0.112. The van der Waals surface area contributed by atoms with Crippen LogP contribution >= 0.6 is 11.6 Å². The van der Waals surface area contributed by atoms with Crippen LogP contribution in [0.25, 0.3) is 11.0 Å². The van der Waals surface area contributed by atoms with Gasteiger partial charge in [-0.3, -0.25) is 9.59 Å². The number of aldehydes is 1. The summed E-state index contributed by atoms with van der Waals surface area (Å²) in [4.78, 5) is 49.2. The van der Waals surface area contributed by atoms with Gasteiger partial charge in [-0.25, -0.2) is 15.0 Å². The number of carbonyl (C=O) groups excluding carboxylic acids is 1. The molecule has 0 bridgehead atoms. The summed E-state index contributed by atoms with van der Waals surface area (Å²) in [5.74, 6) is 1.21. The Morgan fingerprint density at radius 3 is 2.86 bits per heavy atom. The summed E-state index contributed by atoms with van der Waals surface area (Å²) in [6.45, 7) is 2.70. The number of likely N-dealkylation sites (N-methyl/N-ethyl adjacent to an activating group) is 1. The standard InChI is InChI=1S/C26H24ClN7O2/c1-16-6-3-7-17(12-16)33(2)24(32-20-9-4-8-19(27)18(20)13-35)21-10-5-11-34(21)25-22-23(28-14-30-25)29-15-31-26(22)36/h3-4,6-9,12-15,21H,5,10-11H2,1-2H3,(H,28,29,30,31,36)/b32-24-/t21-/m0/s1. The van der Waals surface area contributed by atoms with E-state index in [1.165, 1.54) is 12.7 Å². The summed E-state index contributed by atoms with van der Waals surface area (Å²) < 4.78 is 0. The topological polar surface area (TPSA) is 107 Å². The van der Waals surface area contributed by atoms with Gasteiger partial charge in [0.05, 0.1) is 28.6 Å². The van der Waals surface area contributed by atoms with Crippen LogP contribution in [0.1, 0.15) is 28.8 Å². The molecule has 3 heterocycles. The highest BCUT2D eigenvalue weighted by molar-refractivity contribution is 6.33. The maximum atomic E-state index is 12.7. The third-order valence-electron chi connectivity index (χ3n) is 6.36. The maximum Gasteiger partial charge on any atom is 0.285 e. The highest BCUT2D eigenvalue weighted by Crippen LogP contribution is 2.32. The number of H-pyrrole nitrogens is 1. The van der Waals surface area contributed by atoms with Crippen LogP contribution in [-0.4, -0.2) is 51.7 Å². The minimum atomic E-state index is -0.395. The van der Waals surface area contributed by atoms with Crippen molar-refractivity contribution >= 4 is 51.9 Å². The molecular weight excluding hydrogens is 478 g/mol. The fourth-order valence-corrected chi connectivity index (χ4v) is 4.82. The third-order valence-corrected chi connectivity index (χ3v) is 6.69. The molecule has 1 atom stereocenters. The molecule has 0 radical (unpaired) electrons. The number of nitrogens with one attached hydrogen (secondary N) is 1. The lowest BCUT2D eigenvalue weighted by Gasteiger charge is -2.32. The average molecular weight is 502 g/mol. The smallest absolute Gasteiger partial charge is 0.285 e. The molecule has 4 aromatic rings. The number of aromatic amines is 1. The van der Waals surface area contributed by atoms with Crippen LogP contribution in [-0.2, 0) is 0 Å². The lowest BCUT2D eigenvalue weighted by Crippen LogP contribution is -2.45.